The summed E-state index contributed by atoms with van der Waals surface area (Å²) < 4.78 is 0. The third kappa shape index (κ3) is 4.73. The van der Waals surface area contributed by atoms with Crippen molar-refractivity contribution in [1.82, 2.24) is 10.2 Å². The van der Waals surface area contributed by atoms with Crippen LogP contribution < -0.4 is 5.32 Å². The number of likely N-dealkylation sites (tertiary alicyclic amines) is 1. The van der Waals surface area contributed by atoms with Crippen molar-refractivity contribution in [1.29, 1.82) is 0 Å². The maximum Gasteiger partial charge on any atom is 0.326 e. The molecule has 0 radical (unpaired) electrons. The van der Waals surface area contributed by atoms with E-state index in [1.807, 2.05) is 13.8 Å². The first kappa shape index (κ1) is 15.8. The SMILES string of the molecule is CC(C)(C)CC(C)(C)NC(=O)N1CCCC1C(=O)O. The fourth-order valence-electron chi connectivity index (χ4n) is 3.00. The van der Waals surface area contributed by atoms with Crippen LogP contribution in [0.2, 0.25) is 0 Å². The average molecular weight is 270 g/mol. The maximum atomic E-state index is 12.2. The van der Waals surface area contributed by atoms with Crippen molar-refractivity contribution in [2.24, 2.45) is 5.41 Å². The number of nitrogens with zero attached hydrogens (tertiary/aromatic N) is 1. The van der Waals surface area contributed by atoms with Crippen molar-refractivity contribution in [2.45, 2.75) is 65.5 Å². The van der Waals surface area contributed by atoms with E-state index in [1.54, 1.807) is 0 Å². The van der Waals surface area contributed by atoms with Crippen LogP contribution in [0.25, 0.3) is 0 Å². The molecule has 0 spiro atoms. The van der Waals surface area contributed by atoms with E-state index in [0.717, 1.165) is 12.8 Å². The van der Waals surface area contributed by atoms with Gasteiger partial charge in [0.1, 0.15) is 6.04 Å². The molecule has 110 valence electrons. The van der Waals surface area contributed by atoms with Crippen LogP contribution in [0.5, 0.6) is 0 Å². The number of hydrogen-bond donors (Lipinski definition) is 2. The maximum absolute atomic E-state index is 12.2. The molecule has 0 aromatic carbocycles. The van der Waals surface area contributed by atoms with Crippen LogP contribution in [0, 0.1) is 5.41 Å². The number of amides is 2. The zero-order valence-corrected chi connectivity index (χ0v) is 12.6. The van der Waals surface area contributed by atoms with Gasteiger partial charge in [-0.1, -0.05) is 20.8 Å². The Balaban J connectivity index is 2.66. The van der Waals surface area contributed by atoms with Gasteiger partial charge in [0.25, 0.3) is 0 Å². The molecule has 5 nitrogen and oxygen atoms in total. The molecule has 1 aliphatic heterocycles. The molecule has 0 bridgehead atoms. The van der Waals surface area contributed by atoms with E-state index < -0.39 is 12.0 Å². The number of carbonyl (C=O) groups excluding carboxylic acids is 1. The molecule has 2 amide bonds. The Morgan fingerprint density at radius 3 is 2.32 bits per heavy atom. The largest absolute Gasteiger partial charge is 0.480 e. The number of nitrogens with one attached hydrogen (secondary N) is 1. The molecule has 0 aromatic heterocycles. The number of hydrogen-bond acceptors (Lipinski definition) is 2. The van der Waals surface area contributed by atoms with Gasteiger partial charge < -0.3 is 15.3 Å². The van der Waals surface area contributed by atoms with Crippen molar-refractivity contribution in [3.8, 4) is 0 Å². The second kappa shape index (κ2) is 5.39. The lowest BCUT2D eigenvalue weighted by molar-refractivity contribution is -0.141. The lowest BCUT2D eigenvalue weighted by Gasteiger charge is -2.35. The highest BCUT2D eigenvalue weighted by Gasteiger charge is 2.36. The number of urea groups is 1. The van der Waals surface area contributed by atoms with E-state index in [4.69, 9.17) is 5.11 Å². The van der Waals surface area contributed by atoms with Gasteiger partial charge in [-0.2, -0.15) is 0 Å². The Kier molecular flexibility index (Phi) is 4.48. The van der Waals surface area contributed by atoms with E-state index in [0.29, 0.717) is 13.0 Å². The summed E-state index contributed by atoms with van der Waals surface area (Å²) in [6.07, 6.45) is 2.13. The van der Waals surface area contributed by atoms with E-state index in [-0.39, 0.29) is 17.0 Å². The molecular weight excluding hydrogens is 244 g/mol. The molecular formula is C14H26N2O3. The van der Waals surface area contributed by atoms with Crippen molar-refractivity contribution in [2.75, 3.05) is 6.54 Å². The van der Waals surface area contributed by atoms with Crippen LogP contribution >= 0.6 is 0 Å². The summed E-state index contributed by atoms with van der Waals surface area (Å²) in [4.78, 5) is 24.7. The van der Waals surface area contributed by atoms with Gasteiger partial charge in [-0.15, -0.1) is 0 Å². The fourth-order valence-corrected chi connectivity index (χ4v) is 3.00. The van der Waals surface area contributed by atoms with Gasteiger partial charge in [0.2, 0.25) is 0 Å². The molecule has 2 N–H and O–H groups in total. The summed E-state index contributed by atoms with van der Waals surface area (Å²) in [7, 11) is 0. The number of carbonyl (C=O) groups is 2. The summed E-state index contributed by atoms with van der Waals surface area (Å²) in [5, 5.41) is 12.1. The molecule has 19 heavy (non-hydrogen) atoms. The van der Waals surface area contributed by atoms with Crippen LogP contribution in [-0.2, 0) is 4.79 Å². The van der Waals surface area contributed by atoms with E-state index >= 15 is 0 Å². The Labute approximate surface area is 115 Å². The zero-order valence-electron chi connectivity index (χ0n) is 12.6. The summed E-state index contributed by atoms with van der Waals surface area (Å²) in [6, 6.07) is -0.940. The van der Waals surface area contributed by atoms with Crippen LogP contribution in [0.1, 0.15) is 53.9 Å². The number of carboxylic acids is 1. The minimum atomic E-state index is -0.915. The van der Waals surface area contributed by atoms with Crippen molar-refractivity contribution in [3.05, 3.63) is 0 Å². The second-order valence-corrected chi connectivity index (χ2v) is 7.24. The van der Waals surface area contributed by atoms with Crippen LogP contribution in [-0.4, -0.2) is 40.1 Å². The molecule has 1 aliphatic rings. The van der Waals surface area contributed by atoms with Crippen LogP contribution in [0.3, 0.4) is 0 Å². The minimum Gasteiger partial charge on any atom is -0.480 e. The first-order chi connectivity index (χ1) is 8.52. The Morgan fingerprint density at radius 2 is 1.84 bits per heavy atom. The van der Waals surface area contributed by atoms with Gasteiger partial charge >= 0.3 is 12.0 Å². The van der Waals surface area contributed by atoms with Gasteiger partial charge in [0, 0.05) is 12.1 Å². The molecule has 5 heteroatoms. The molecule has 0 aliphatic carbocycles. The monoisotopic (exact) mass is 270 g/mol. The normalized spacial score (nSPS) is 20.5. The Bertz CT molecular complexity index is 358. The molecule has 0 saturated carbocycles. The van der Waals surface area contributed by atoms with E-state index in [1.165, 1.54) is 4.90 Å². The van der Waals surface area contributed by atoms with Crippen LogP contribution in [0.4, 0.5) is 4.79 Å². The van der Waals surface area contributed by atoms with Crippen molar-refractivity contribution < 1.29 is 14.7 Å². The highest BCUT2D eigenvalue weighted by Crippen LogP contribution is 2.27. The van der Waals surface area contributed by atoms with Gasteiger partial charge in [-0.3, -0.25) is 0 Å². The third-order valence-corrected chi connectivity index (χ3v) is 3.22. The Hall–Kier alpha value is -1.26. The summed E-state index contributed by atoms with van der Waals surface area (Å²) in [5.41, 5.74) is -0.241. The minimum absolute atomic E-state index is 0.105. The fraction of sp³-hybridized carbons (Fsp3) is 0.857. The van der Waals surface area contributed by atoms with Gasteiger partial charge in [-0.05, 0) is 38.5 Å². The quantitative estimate of drug-likeness (QED) is 0.827. The predicted molar refractivity (Wildman–Crippen MR) is 74.0 cm³/mol. The third-order valence-electron chi connectivity index (χ3n) is 3.22. The highest BCUT2D eigenvalue weighted by atomic mass is 16.4. The van der Waals surface area contributed by atoms with E-state index in [9.17, 15) is 9.59 Å². The summed E-state index contributed by atoms with van der Waals surface area (Å²) >= 11 is 0. The molecule has 1 atom stereocenters. The smallest absolute Gasteiger partial charge is 0.326 e. The topological polar surface area (TPSA) is 69.6 Å². The Morgan fingerprint density at radius 1 is 1.26 bits per heavy atom. The second-order valence-electron chi connectivity index (χ2n) is 7.24. The van der Waals surface area contributed by atoms with Crippen molar-refractivity contribution in [3.63, 3.8) is 0 Å². The molecule has 1 unspecified atom stereocenters. The highest BCUT2D eigenvalue weighted by molar-refractivity contribution is 5.83. The predicted octanol–water partition coefficient (Wildman–Crippen LogP) is 2.46. The van der Waals surface area contributed by atoms with Gasteiger partial charge in [-0.25, -0.2) is 9.59 Å². The number of carboxylic acid groups (broad SMARTS) is 1. The van der Waals surface area contributed by atoms with Crippen molar-refractivity contribution >= 4 is 12.0 Å². The van der Waals surface area contributed by atoms with Gasteiger partial charge in [0.05, 0.1) is 0 Å². The number of rotatable bonds is 3. The molecule has 1 heterocycles. The zero-order chi connectivity index (χ0) is 14.8. The lowest BCUT2D eigenvalue weighted by Crippen LogP contribution is -2.53. The molecule has 1 fully saturated rings. The van der Waals surface area contributed by atoms with Gasteiger partial charge in [0.15, 0.2) is 0 Å². The standard InChI is InChI=1S/C14H26N2O3/c1-13(2,3)9-14(4,5)15-12(19)16-8-6-7-10(16)11(17)18/h10H,6-9H2,1-5H3,(H,15,19)(H,17,18). The molecule has 1 saturated heterocycles. The van der Waals surface area contributed by atoms with E-state index in [2.05, 4.69) is 26.1 Å². The summed E-state index contributed by atoms with van der Waals surface area (Å²) in [5.74, 6) is -0.915. The first-order valence-electron chi connectivity index (χ1n) is 6.83. The molecule has 0 aromatic rings. The van der Waals surface area contributed by atoms with Crippen LogP contribution in [0.15, 0.2) is 0 Å². The molecule has 1 rings (SSSR count). The summed E-state index contributed by atoms with van der Waals surface area (Å²) in [6.45, 7) is 10.8. The lowest BCUT2D eigenvalue weighted by atomic mass is 9.82. The first-order valence-corrected chi connectivity index (χ1v) is 6.83. The number of aliphatic carboxylic acids is 1. The average Bonchev–Trinajstić information content (AvgIpc) is 2.59.